The second-order valence-electron chi connectivity index (χ2n) is 5.72. The Morgan fingerprint density at radius 3 is 2.62 bits per heavy atom. The minimum absolute atomic E-state index is 0.816. The van der Waals surface area contributed by atoms with Crippen LogP contribution in [0.3, 0.4) is 0 Å². The number of nitrogens with zero attached hydrogens (tertiary/aromatic N) is 5. The molecule has 1 aromatic rings. The average Bonchev–Trinajstić information content (AvgIpc) is 3.05. The van der Waals surface area contributed by atoms with Crippen LogP contribution in [0.4, 0.5) is 0 Å². The van der Waals surface area contributed by atoms with E-state index in [0.717, 1.165) is 63.9 Å². The van der Waals surface area contributed by atoms with Crippen LogP contribution >= 0.6 is 0 Å². The normalized spacial score (nSPS) is 12.0. The summed E-state index contributed by atoms with van der Waals surface area (Å²) in [7, 11) is 0. The lowest BCUT2D eigenvalue weighted by molar-refractivity contribution is 0.297. The quantitative estimate of drug-likeness (QED) is 0.344. The second-order valence-corrected chi connectivity index (χ2v) is 5.72. The first-order valence-corrected chi connectivity index (χ1v) is 9.36. The van der Waals surface area contributed by atoms with E-state index in [1.165, 1.54) is 13.0 Å². The van der Waals surface area contributed by atoms with Gasteiger partial charge in [0.25, 0.3) is 0 Å². The van der Waals surface area contributed by atoms with Gasteiger partial charge in [0, 0.05) is 32.6 Å². The summed E-state index contributed by atoms with van der Waals surface area (Å²) >= 11 is 0. The summed E-state index contributed by atoms with van der Waals surface area (Å²) in [6.07, 6.45) is 5.02. The predicted molar refractivity (Wildman–Crippen MR) is 100 cm³/mol. The molecule has 2 N–H and O–H groups in total. The Morgan fingerprint density at radius 2 is 1.96 bits per heavy atom. The van der Waals surface area contributed by atoms with Crippen LogP contribution in [0.1, 0.15) is 46.4 Å². The number of guanidine groups is 1. The molecule has 0 aliphatic carbocycles. The first-order valence-electron chi connectivity index (χ1n) is 9.36. The lowest BCUT2D eigenvalue weighted by Gasteiger charge is -2.17. The SMILES string of the molecule is CCNC(=NCCCCN(CC)CC)NCCn1cnnc1CC. The Morgan fingerprint density at radius 1 is 1.17 bits per heavy atom. The van der Waals surface area contributed by atoms with Crippen LogP contribution in [-0.4, -0.2) is 64.9 Å². The van der Waals surface area contributed by atoms with Crippen molar-refractivity contribution in [3.05, 3.63) is 12.2 Å². The van der Waals surface area contributed by atoms with Crippen molar-refractivity contribution in [1.82, 2.24) is 30.3 Å². The fraction of sp³-hybridized carbons (Fsp3) is 0.824. The zero-order valence-corrected chi connectivity index (χ0v) is 15.9. The lowest BCUT2D eigenvalue weighted by atomic mass is 10.3. The summed E-state index contributed by atoms with van der Waals surface area (Å²) in [6, 6.07) is 0. The molecule has 7 nitrogen and oxygen atoms in total. The molecule has 0 aliphatic heterocycles. The smallest absolute Gasteiger partial charge is 0.191 e. The maximum atomic E-state index is 4.66. The number of rotatable bonds is 12. The van der Waals surface area contributed by atoms with Gasteiger partial charge in [-0.25, -0.2) is 0 Å². The summed E-state index contributed by atoms with van der Waals surface area (Å²) in [5.74, 6) is 1.92. The van der Waals surface area contributed by atoms with E-state index in [1.54, 1.807) is 6.33 Å². The third-order valence-corrected chi connectivity index (χ3v) is 4.05. The van der Waals surface area contributed by atoms with Crippen molar-refractivity contribution < 1.29 is 0 Å². The standard InChI is InChI=1S/C17H35N7/c1-5-16-22-21-15-24(16)14-12-20-17(18-6-2)19-11-9-10-13-23(7-3)8-4/h15H,5-14H2,1-4H3,(H2,18,19,20). The number of aliphatic imine (C=N–C) groups is 1. The highest BCUT2D eigenvalue weighted by Gasteiger charge is 2.02. The third kappa shape index (κ3) is 7.77. The average molecular weight is 338 g/mol. The molecule has 7 heteroatoms. The van der Waals surface area contributed by atoms with Gasteiger partial charge in [0.05, 0.1) is 0 Å². The van der Waals surface area contributed by atoms with Gasteiger partial charge in [-0.1, -0.05) is 20.8 Å². The Kier molecular flexibility index (Phi) is 10.8. The molecule has 0 atom stereocenters. The van der Waals surface area contributed by atoms with Gasteiger partial charge in [-0.3, -0.25) is 4.99 Å². The Hall–Kier alpha value is -1.63. The largest absolute Gasteiger partial charge is 0.357 e. The summed E-state index contributed by atoms with van der Waals surface area (Å²) in [5.41, 5.74) is 0. The van der Waals surface area contributed by atoms with Crippen LogP contribution in [0.15, 0.2) is 11.3 Å². The molecule has 0 saturated carbocycles. The van der Waals surface area contributed by atoms with Gasteiger partial charge in [0.1, 0.15) is 12.2 Å². The molecule has 1 heterocycles. The maximum Gasteiger partial charge on any atom is 0.191 e. The van der Waals surface area contributed by atoms with Gasteiger partial charge >= 0.3 is 0 Å². The molecule has 0 fully saturated rings. The molecular weight excluding hydrogens is 302 g/mol. The van der Waals surface area contributed by atoms with Crippen LogP contribution < -0.4 is 10.6 Å². The van der Waals surface area contributed by atoms with E-state index in [0.29, 0.717) is 0 Å². The van der Waals surface area contributed by atoms with Crippen LogP contribution in [0.5, 0.6) is 0 Å². The van der Waals surface area contributed by atoms with Crippen molar-refractivity contribution in [2.75, 3.05) is 39.3 Å². The molecule has 0 aliphatic rings. The van der Waals surface area contributed by atoms with Crippen LogP contribution in [-0.2, 0) is 13.0 Å². The zero-order valence-electron chi connectivity index (χ0n) is 15.9. The Balaban J connectivity index is 2.29. The van der Waals surface area contributed by atoms with E-state index in [1.807, 2.05) is 0 Å². The number of aryl methyl sites for hydroxylation is 1. The van der Waals surface area contributed by atoms with Crippen molar-refractivity contribution in [2.24, 2.45) is 4.99 Å². The van der Waals surface area contributed by atoms with Gasteiger partial charge in [-0.15, -0.1) is 10.2 Å². The van der Waals surface area contributed by atoms with Crippen LogP contribution in [0.2, 0.25) is 0 Å². The highest BCUT2D eigenvalue weighted by atomic mass is 15.3. The summed E-state index contributed by atoms with van der Waals surface area (Å²) in [6.45, 7) is 15.5. The fourth-order valence-corrected chi connectivity index (χ4v) is 2.55. The van der Waals surface area contributed by atoms with Crippen molar-refractivity contribution in [3.8, 4) is 0 Å². The number of unbranched alkanes of at least 4 members (excludes halogenated alkanes) is 1. The summed E-state index contributed by atoms with van der Waals surface area (Å²) in [4.78, 5) is 7.11. The molecule has 1 rings (SSSR count). The van der Waals surface area contributed by atoms with E-state index >= 15 is 0 Å². The molecule has 0 bridgehead atoms. The molecule has 0 unspecified atom stereocenters. The highest BCUT2D eigenvalue weighted by molar-refractivity contribution is 5.79. The van der Waals surface area contributed by atoms with Crippen molar-refractivity contribution in [2.45, 2.75) is 53.5 Å². The molecule has 0 radical (unpaired) electrons. The number of aromatic nitrogens is 3. The molecule has 0 amide bonds. The summed E-state index contributed by atoms with van der Waals surface area (Å²) in [5, 5.41) is 14.7. The zero-order chi connectivity index (χ0) is 17.6. The van der Waals surface area contributed by atoms with Gasteiger partial charge in [-0.2, -0.15) is 0 Å². The second kappa shape index (κ2) is 12.8. The van der Waals surface area contributed by atoms with Crippen LogP contribution in [0, 0.1) is 0 Å². The van der Waals surface area contributed by atoms with Gasteiger partial charge in [0.2, 0.25) is 0 Å². The van der Waals surface area contributed by atoms with E-state index < -0.39 is 0 Å². The van der Waals surface area contributed by atoms with E-state index in [9.17, 15) is 0 Å². The number of hydrogen-bond donors (Lipinski definition) is 2. The fourth-order valence-electron chi connectivity index (χ4n) is 2.55. The molecule has 1 aromatic heterocycles. The van der Waals surface area contributed by atoms with E-state index in [2.05, 4.69) is 63.0 Å². The molecule has 0 spiro atoms. The minimum Gasteiger partial charge on any atom is -0.357 e. The first-order chi connectivity index (χ1) is 11.7. The first kappa shape index (κ1) is 20.4. The van der Waals surface area contributed by atoms with Crippen molar-refractivity contribution in [3.63, 3.8) is 0 Å². The van der Waals surface area contributed by atoms with Crippen molar-refractivity contribution in [1.29, 1.82) is 0 Å². The minimum atomic E-state index is 0.816. The van der Waals surface area contributed by atoms with Gasteiger partial charge < -0.3 is 20.1 Å². The number of nitrogens with one attached hydrogen (secondary N) is 2. The summed E-state index contributed by atoms with van der Waals surface area (Å²) < 4.78 is 2.08. The molecule has 0 aromatic carbocycles. The van der Waals surface area contributed by atoms with E-state index in [4.69, 9.17) is 0 Å². The van der Waals surface area contributed by atoms with Gasteiger partial charge in [0.15, 0.2) is 5.96 Å². The topological polar surface area (TPSA) is 70.4 Å². The maximum absolute atomic E-state index is 4.66. The molecule has 138 valence electrons. The van der Waals surface area contributed by atoms with E-state index in [-0.39, 0.29) is 0 Å². The molecule has 0 saturated heterocycles. The lowest BCUT2D eigenvalue weighted by Crippen LogP contribution is -2.39. The predicted octanol–water partition coefficient (Wildman–Crippen LogP) is 1.52. The van der Waals surface area contributed by atoms with Gasteiger partial charge in [-0.05, 0) is 39.4 Å². The highest BCUT2D eigenvalue weighted by Crippen LogP contribution is 1.96. The molecular formula is C17H35N7. The Labute approximate surface area is 146 Å². The molecule has 24 heavy (non-hydrogen) atoms. The van der Waals surface area contributed by atoms with Crippen LogP contribution in [0.25, 0.3) is 0 Å². The Bertz CT molecular complexity index is 452. The number of hydrogen-bond acceptors (Lipinski definition) is 4. The third-order valence-electron chi connectivity index (χ3n) is 4.05. The monoisotopic (exact) mass is 337 g/mol. The van der Waals surface area contributed by atoms with Crippen molar-refractivity contribution >= 4 is 5.96 Å².